The summed E-state index contributed by atoms with van der Waals surface area (Å²) in [5.41, 5.74) is 0. The van der Waals surface area contributed by atoms with Crippen LogP contribution in [0.15, 0.2) is 18.3 Å². The average Bonchev–Trinajstić information content (AvgIpc) is 2.29. The first-order chi connectivity index (χ1) is 7.75. The quantitative estimate of drug-likeness (QED) is 0.335. The van der Waals surface area contributed by atoms with E-state index in [0.29, 0.717) is 6.61 Å². The normalized spacial score (nSPS) is 10.1. The van der Waals surface area contributed by atoms with E-state index in [1.54, 1.807) is 12.1 Å². The molecule has 0 amide bonds. The first kappa shape index (κ1) is 12.9. The summed E-state index contributed by atoms with van der Waals surface area (Å²) in [5.74, 6) is 0.0225. The number of ether oxygens (including phenoxy) is 1. The number of nitro groups is 1. The molecule has 6 heteroatoms. The summed E-state index contributed by atoms with van der Waals surface area (Å²) in [5, 5.41) is 11.6. The van der Waals surface area contributed by atoms with E-state index >= 15 is 0 Å². The number of hydrogen-bond donors (Lipinski definition) is 0. The molecule has 0 aromatic carbocycles. The molecule has 0 fully saturated rings. The largest absolute Gasteiger partial charge is 0.486 e. The molecule has 0 radical (unpaired) electrons. The summed E-state index contributed by atoms with van der Waals surface area (Å²) >= 11 is 3.34. The van der Waals surface area contributed by atoms with E-state index in [0.717, 1.165) is 24.6 Å². The Morgan fingerprint density at radius 2 is 2.25 bits per heavy atom. The number of aromatic nitrogens is 1. The summed E-state index contributed by atoms with van der Waals surface area (Å²) in [7, 11) is 0. The average molecular weight is 289 g/mol. The van der Waals surface area contributed by atoms with Gasteiger partial charge in [0, 0.05) is 5.33 Å². The lowest BCUT2D eigenvalue weighted by molar-refractivity contribution is -0.390. The Labute approximate surface area is 102 Å². The smallest absolute Gasteiger partial charge is 0.406 e. The van der Waals surface area contributed by atoms with Gasteiger partial charge < -0.3 is 14.9 Å². The molecule has 16 heavy (non-hydrogen) atoms. The van der Waals surface area contributed by atoms with Crippen molar-refractivity contribution < 1.29 is 9.66 Å². The van der Waals surface area contributed by atoms with Crippen molar-refractivity contribution in [1.29, 1.82) is 0 Å². The highest BCUT2D eigenvalue weighted by Crippen LogP contribution is 2.22. The Balaban J connectivity index is 2.44. The maximum absolute atomic E-state index is 10.6. The van der Waals surface area contributed by atoms with Gasteiger partial charge in [0.1, 0.15) is 6.20 Å². The zero-order valence-electron chi connectivity index (χ0n) is 8.76. The monoisotopic (exact) mass is 288 g/mol. The topological polar surface area (TPSA) is 65.3 Å². The van der Waals surface area contributed by atoms with E-state index in [4.69, 9.17) is 4.74 Å². The summed E-state index contributed by atoms with van der Waals surface area (Å²) in [6.07, 6.45) is 4.39. The Kier molecular flexibility index (Phi) is 5.77. The van der Waals surface area contributed by atoms with Crippen LogP contribution in [0.3, 0.4) is 0 Å². The number of hydrogen-bond acceptors (Lipinski definition) is 4. The van der Waals surface area contributed by atoms with Crippen LogP contribution in [0.25, 0.3) is 0 Å². The molecule has 0 unspecified atom stereocenters. The fraction of sp³-hybridized carbons (Fsp3) is 0.500. The van der Waals surface area contributed by atoms with E-state index in [-0.39, 0.29) is 11.6 Å². The minimum absolute atomic E-state index is 0.219. The molecule has 1 aromatic heterocycles. The summed E-state index contributed by atoms with van der Waals surface area (Å²) < 4.78 is 5.33. The van der Waals surface area contributed by atoms with E-state index in [1.165, 1.54) is 6.20 Å². The Hall–Kier alpha value is -1.17. The van der Waals surface area contributed by atoms with Gasteiger partial charge in [0.15, 0.2) is 0 Å². The molecule has 1 heterocycles. The van der Waals surface area contributed by atoms with Gasteiger partial charge in [-0.1, -0.05) is 15.9 Å². The fourth-order valence-electron chi connectivity index (χ4n) is 1.19. The lowest BCUT2D eigenvalue weighted by Crippen LogP contribution is -2.01. The summed E-state index contributed by atoms with van der Waals surface area (Å²) in [6.45, 7) is 0.486. The van der Waals surface area contributed by atoms with Crippen molar-refractivity contribution in [2.45, 2.75) is 19.3 Å². The second-order valence-electron chi connectivity index (χ2n) is 3.18. The van der Waals surface area contributed by atoms with Crippen LogP contribution in [-0.4, -0.2) is 21.8 Å². The minimum atomic E-state index is -0.534. The first-order valence-electron chi connectivity index (χ1n) is 5.04. The number of rotatable bonds is 7. The third-order valence-electron chi connectivity index (χ3n) is 1.96. The Morgan fingerprint density at radius 1 is 1.44 bits per heavy atom. The molecule has 0 aliphatic rings. The molecule has 0 atom stereocenters. The predicted molar refractivity (Wildman–Crippen MR) is 64.0 cm³/mol. The summed E-state index contributed by atoms with van der Waals surface area (Å²) in [6, 6.07) is 3.19. The number of alkyl halides is 1. The molecule has 0 spiro atoms. The van der Waals surface area contributed by atoms with Crippen LogP contribution in [0.2, 0.25) is 0 Å². The van der Waals surface area contributed by atoms with Crippen LogP contribution in [0.1, 0.15) is 19.3 Å². The van der Waals surface area contributed by atoms with Crippen LogP contribution in [-0.2, 0) is 0 Å². The van der Waals surface area contributed by atoms with Crippen molar-refractivity contribution in [3.8, 4) is 5.75 Å². The van der Waals surface area contributed by atoms with Crippen LogP contribution >= 0.6 is 15.9 Å². The molecule has 1 aromatic rings. The minimum Gasteiger partial charge on any atom is -0.486 e. The third-order valence-corrected chi connectivity index (χ3v) is 2.52. The standard InChI is InChI=1S/C10H13BrN2O3/c11-6-2-1-3-8-16-9-5-4-7-12-10(9)13(14)15/h4-5,7H,1-3,6,8H2. The molecule has 0 saturated heterocycles. The SMILES string of the molecule is O=[N+]([O-])c1ncccc1OCCCCCBr. The van der Waals surface area contributed by atoms with Crippen molar-refractivity contribution in [3.05, 3.63) is 28.4 Å². The Bertz CT molecular complexity index is 347. The van der Waals surface area contributed by atoms with Crippen molar-refractivity contribution >= 4 is 21.7 Å². The van der Waals surface area contributed by atoms with E-state index in [2.05, 4.69) is 20.9 Å². The highest BCUT2D eigenvalue weighted by atomic mass is 79.9. The summed E-state index contributed by atoms with van der Waals surface area (Å²) in [4.78, 5) is 13.7. The molecule has 0 bridgehead atoms. The van der Waals surface area contributed by atoms with Gasteiger partial charge in [0.2, 0.25) is 5.75 Å². The molecule has 0 N–H and O–H groups in total. The highest BCUT2D eigenvalue weighted by molar-refractivity contribution is 9.09. The maximum Gasteiger partial charge on any atom is 0.406 e. The van der Waals surface area contributed by atoms with Gasteiger partial charge in [-0.15, -0.1) is 0 Å². The number of halogens is 1. The molecule has 0 saturated carbocycles. The molecule has 0 aliphatic heterocycles. The number of nitrogens with zero attached hydrogens (tertiary/aromatic N) is 2. The van der Waals surface area contributed by atoms with Gasteiger partial charge in [-0.2, -0.15) is 0 Å². The molecule has 5 nitrogen and oxygen atoms in total. The molecular weight excluding hydrogens is 276 g/mol. The van der Waals surface area contributed by atoms with Gasteiger partial charge in [0.05, 0.1) is 6.61 Å². The van der Waals surface area contributed by atoms with Gasteiger partial charge in [-0.25, -0.2) is 0 Å². The van der Waals surface area contributed by atoms with E-state index < -0.39 is 4.92 Å². The molecular formula is C10H13BrN2O3. The van der Waals surface area contributed by atoms with Crippen molar-refractivity contribution in [2.75, 3.05) is 11.9 Å². The molecule has 1 rings (SSSR count). The van der Waals surface area contributed by atoms with Crippen molar-refractivity contribution in [3.63, 3.8) is 0 Å². The lowest BCUT2D eigenvalue weighted by atomic mass is 10.3. The second kappa shape index (κ2) is 7.16. The Morgan fingerprint density at radius 3 is 2.94 bits per heavy atom. The van der Waals surface area contributed by atoms with Crippen molar-refractivity contribution in [2.24, 2.45) is 0 Å². The second-order valence-corrected chi connectivity index (χ2v) is 3.97. The number of unbranched alkanes of at least 4 members (excludes halogenated alkanes) is 2. The molecule has 88 valence electrons. The van der Waals surface area contributed by atoms with Gasteiger partial charge in [0.25, 0.3) is 0 Å². The zero-order chi connectivity index (χ0) is 11.8. The van der Waals surface area contributed by atoms with Gasteiger partial charge in [-0.3, -0.25) is 0 Å². The fourth-order valence-corrected chi connectivity index (χ4v) is 1.58. The van der Waals surface area contributed by atoms with E-state index in [9.17, 15) is 10.1 Å². The van der Waals surface area contributed by atoms with Crippen molar-refractivity contribution in [1.82, 2.24) is 4.98 Å². The third kappa shape index (κ3) is 4.14. The maximum atomic E-state index is 10.6. The van der Waals surface area contributed by atoms with Crippen LogP contribution in [0.5, 0.6) is 5.75 Å². The van der Waals surface area contributed by atoms with Gasteiger partial charge >= 0.3 is 5.82 Å². The molecule has 0 aliphatic carbocycles. The van der Waals surface area contributed by atoms with E-state index in [1.807, 2.05) is 0 Å². The van der Waals surface area contributed by atoms with Crippen LogP contribution < -0.4 is 4.74 Å². The predicted octanol–water partition coefficient (Wildman–Crippen LogP) is 2.93. The number of pyridine rings is 1. The van der Waals surface area contributed by atoms with Crippen LogP contribution in [0, 0.1) is 10.1 Å². The first-order valence-corrected chi connectivity index (χ1v) is 6.16. The van der Waals surface area contributed by atoms with Crippen LogP contribution in [0.4, 0.5) is 5.82 Å². The lowest BCUT2D eigenvalue weighted by Gasteiger charge is -2.05. The van der Waals surface area contributed by atoms with Gasteiger partial charge in [-0.05, 0) is 41.3 Å². The highest BCUT2D eigenvalue weighted by Gasteiger charge is 2.14. The zero-order valence-corrected chi connectivity index (χ0v) is 10.4.